The molecule has 0 spiro atoms. The molecular weight excluding hydrogens is 160 g/mol. The van der Waals surface area contributed by atoms with E-state index in [2.05, 4.69) is 13.0 Å². The number of rotatable bonds is 4. The molecule has 1 nitrogen and oxygen atoms in total. The van der Waals surface area contributed by atoms with Crippen molar-refractivity contribution in [3.05, 3.63) is 12.2 Å². The Morgan fingerprint density at radius 1 is 1.23 bits per heavy atom. The molecule has 13 heavy (non-hydrogen) atoms. The lowest BCUT2D eigenvalue weighted by atomic mass is 9.80. The van der Waals surface area contributed by atoms with Gasteiger partial charge in [0.15, 0.2) is 0 Å². The molecule has 74 valence electrons. The summed E-state index contributed by atoms with van der Waals surface area (Å²) >= 11 is 0. The van der Waals surface area contributed by atoms with E-state index in [1.54, 1.807) is 6.08 Å². The van der Waals surface area contributed by atoms with Crippen LogP contribution in [0.1, 0.15) is 45.4 Å². The number of aldehydes is 1. The molecule has 0 atom stereocenters. The zero-order chi connectivity index (χ0) is 9.52. The summed E-state index contributed by atoms with van der Waals surface area (Å²) in [5, 5.41) is 0. The van der Waals surface area contributed by atoms with Crippen LogP contribution >= 0.6 is 0 Å². The second-order valence-electron chi connectivity index (χ2n) is 4.09. The van der Waals surface area contributed by atoms with Crippen LogP contribution in [0.25, 0.3) is 0 Å². The van der Waals surface area contributed by atoms with E-state index in [9.17, 15) is 4.79 Å². The predicted octanol–water partition coefficient (Wildman–Crippen LogP) is 3.35. The largest absolute Gasteiger partial charge is 0.299 e. The Morgan fingerprint density at radius 3 is 2.46 bits per heavy atom. The fraction of sp³-hybridized carbons (Fsp3) is 0.750. The fourth-order valence-corrected chi connectivity index (χ4v) is 2.28. The topological polar surface area (TPSA) is 17.1 Å². The average Bonchev–Trinajstić information content (AvgIpc) is 2.17. The van der Waals surface area contributed by atoms with Gasteiger partial charge in [-0.1, -0.05) is 25.8 Å². The van der Waals surface area contributed by atoms with Crippen LogP contribution in [0.15, 0.2) is 12.2 Å². The lowest BCUT2D eigenvalue weighted by Gasteiger charge is -2.26. The summed E-state index contributed by atoms with van der Waals surface area (Å²) in [5.41, 5.74) is 0. The third-order valence-corrected chi connectivity index (χ3v) is 3.05. The summed E-state index contributed by atoms with van der Waals surface area (Å²) in [4.78, 5) is 10.1. The molecule has 1 heteroatoms. The molecule has 0 amide bonds. The van der Waals surface area contributed by atoms with Gasteiger partial charge >= 0.3 is 0 Å². The molecule has 1 rings (SSSR count). The quantitative estimate of drug-likeness (QED) is 0.479. The normalized spacial score (nSPS) is 29.3. The van der Waals surface area contributed by atoms with Gasteiger partial charge in [-0.25, -0.2) is 0 Å². The minimum atomic E-state index is 0.679. The standard InChI is InChI=1S/C12H20O/c1-2-4-11-6-8-12(9-7-11)5-3-10-13/h3,5,10-12H,2,4,6-9H2,1H3/b5-3+/t11-,12-. The number of hydrogen-bond acceptors (Lipinski definition) is 1. The van der Waals surface area contributed by atoms with Crippen molar-refractivity contribution >= 4 is 6.29 Å². The van der Waals surface area contributed by atoms with Crippen molar-refractivity contribution in [2.75, 3.05) is 0 Å². The molecule has 1 saturated carbocycles. The smallest absolute Gasteiger partial charge is 0.142 e. The van der Waals surface area contributed by atoms with Crippen LogP contribution in [0.3, 0.4) is 0 Å². The molecule has 0 bridgehead atoms. The van der Waals surface area contributed by atoms with Gasteiger partial charge in [0.2, 0.25) is 0 Å². The van der Waals surface area contributed by atoms with Crippen LogP contribution in [0, 0.1) is 11.8 Å². The molecule has 0 aromatic heterocycles. The molecule has 0 aromatic rings. The highest BCUT2D eigenvalue weighted by atomic mass is 16.1. The van der Waals surface area contributed by atoms with E-state index in [1.165, 1.54) is 38.5 Å². The summed E-state index contributed by atoms with van der Waals surface area (Å²) in [6.45, 7) is 2.26. The second kappa shape index (κ2) is 5.95. The zero-order valence-electron chi connectivity index (χ0n) is 8.54. The zero-order valence-corrected chi connectivity index (χ0v) is 8.54. The van der Waals surface area contributed by atoms with Gasteiger partial charge in [0, 0.05) is 0 Å². The maximum absolute atomic E-state index is 10.1. The van der Waals surface area contributed by atoms with E-state index in [4.69, 9.17) is 0 Å². The Labute approximate surface area is 81.2 Å². The number of carbonyl (C=O) groups is 1. The molecular formula is C12H20O. The van der Waals surface area contributed by atoms with E-state index in [0.29, 0.717) is 5.92 Å². The Kier molecular flexibility index (Phi) is 4.81. The minimum absolute atomic E-state index is 0.679. The van der Waals surface area contributed by atoms with Crippen molar-refractivity contribution in [1.82, 2.24) is 0 Å². The van der Waals surface area contributed by atoms with Crippen LogP contribution in [0.2, 0.25) is 0 Å². The van der Waals surface area contributed by atoms with Gasteiger partial charge < -0.3 is 0 Å². The average molecular weight is 180 g/mol. The van der Waals surface area contributed by atoms with Crippen LogP contribution in [0.4, 0.5) is 0 Å². The first-order valence-corrected chi connectivity index (χ1v) is 5.48. The first-order valence-electron chi connectivity index (χ1n) is 5.48. The Balaban J connectivity index is 2.22. The van der Waals surface area contributed by atoms with Crippen molar-refractivity contribution in [1.29, 1.82) is 0 Å². The number of hydrogen-bond donors (Lipinski definition) is 0. The number of allylic oxidation sites excluding steroid dienone is 2. The van der Waals surface area contributed by atoms with Crippen molar-refractivity contribution in [3.63, 3.8) is 0 Å². The molecule has 0 saturated heterocycles. The highest BCUT2D eigenvalue weighted by molar-refractivity contribution is 5.64. The Hall–Kier alpha value is -0.590. The van der Waals surface area contributed by atoms with Crippen molar-refractivity contribution in [3.8, 4) is 0 Å². The van der Waals surface area contributed by atoms with E-state index >= 15 is 0 Å². The Bertz CT molecular complexity index is 164. The van der Waals surface area contributed by atoms with Crippen LogP contribution in [-0.4, -0.2) is 6.29 Å². The molecule has 0 aliphatic heterocycles. The monoisotopic (exact) mass is 180 g/mol. The summed E-state index contributed by atoms with van der Waals surface area (Å²) in [6.07, 6.45) is 12.6. The maximum Gasteiger partial charge on any atom is 0.142 e. The van der Waals surface area contributed by atoms with Crippen molar-refractivity contribution in [2.45, 2.75) is 45.4 Å². The molecule has 0 N–H and O–H groups in total. The molecule has 0 heterocycles. The molecule has 1 aliphatic rings. The van der Waals surface area contributed by atoms with Gasteiger partial charge in [-0.15, -0.1) is 0 Å². The first-order chi connectivity index (χ1) is 6.36. The van der Waals surface area contributed by atoms with Gasteiger partial charge in [-0.2, -0.15) is 0 Å². The van der Waals surface area contributed by atoms with Gasteiger partial charge in [0.25, 0.3) is 0 Å². The lowest BCUT2D eigenvalue weighted by molar-refractivity contribution is -0.104. The SMILES string of the molecule is CCC[C@H]1CC[C@H](/C=C/C=O)CC1. The molecule has 0 radical (unpaired) electrons. The highest BCUT2D eigenvalue weighted by Crippen LogP contribution is 2.31. The first kappa shape index (κ1) is 10.5. The van der Waals surface area contributed by atoms with Gasteiger partial charge in [0.05, 0.1) is 0 Å². The van der Waals surface area contributed by atoms with E-state index in [-0.39, 0.29) is 0 Å². The van der Waals surface area contributed by atoms with Crippen LogP contribution in [-0.2, 0) is 4.79 Å². The second-order valence-corrected chi connectivity index (χ2v) is 4.09. The molecule has 1 fully saturated rings. The van der Waals surface area contributed by atoms with Crippen LogP contribution in [0.5, 0.6) is 0 Å². The predicted molar refractivity (Wildman–Crippen MR) is 55.6 cm³/mol. The van der Waals surface area contributed by atoms with Gasteiger partial charge in [-0.05, 0) is 43.6 Å². The van der Waals surface area contributed by atoms with E-state index < -0.39 is 0 Å². The minimum Gasteiger partial charge on any atom is -0.299 e. The third kappa shape index (κ3) is 3.75. The Morgan fingerprint density at radius 2 is 1.92 bits per heavy atom. The summed E-state index contributed by atoms with van der Waals surface area (Å²) < 4.78 is 0. The number of carbonyl (C=O) groups excluding carboxylic acids is 1. The fourth-order valence-electron chi connectivity index (χ4n) is 2.28. The molecule has 1 aliphatic carbocycles. The van der Waals surface area contributed by atoms with Crippen molar-refractivity contribution < 1.29 is 4.79 Å². The molecule has 0 unspecified atom stereocenters. The maximum atomic E-state index is 10.1. The summed E-state index contributed by atoms with van der Waals surface area (Å²) in [7, 11) is 0. The lowest BCUT2D eigenvalue weighted by Crippen LogP contribution is -2.12. The summed E-state index contributed by atoms with van der Waals surface area (Å²) in [6, 6.07) is 0. The summed E-state index contributed by atoms with van der Waals surface area (Å²) in [5.74, 6) is 1.64. The third-order valence-electron chi connectivity index (χ3n) is 3.05. The highest BCUT2D eigenvalue weighted by Gasteiger charge is 2.18. The van der Waals surface area contributed by atoms with Crippen molar-refractivity contribution in [2.24, 2.45) is 11.8 Å². The van der Waals surface area contributed by atoms with Gasteiger partial charge in [-0.3, -0.25) is 4.79 Å². The van der Waals surface area contributed by atoms with Crippen LogP contribution < -0.4 is 0 Å². The van der Waals surface area contributed by atoms with Gasteiger partial charge in [0.1, 0.15) is 6.29 Å². The molecule has 0 aromatic carbocycles. The van der Waals surface area contributed by atoms with E-state index in [0.717, 1.165) is 12.2 Å². The van der Waals surface area contributed by atoms with E-state index in [1.807, 2.05) is 0 Å².